The van der Waals surface area contributed by atoms with Gasteiger partial charge >= 0.3 is 0 Å². The van der Waals surface area contributed by atoms with Crippen LogP contribution in [0.2, 0.25) is 0 Å². The Morgan fingerprint density at radius 3 is 2.71 bits per heavy atom. The summed E-state index contributed by atoms with van der Waals surface area (Å²) in [5, 5.41) is 0. The van der Waals surface area contributed by atoms with Crippen LogP contribution in [0.1, 0.15) is 30.0 Å². The first-order valence-electron chi connectivity index (χ1n) is 5.10. The van der Waals surface area contributed by atoms with Crippen molar-refractivity contribution in [3.63, 3.8) is 0 Å². The van der Waals surface area contributed by atoms with Gasteiger partial charge in [-0.1, -0.05) is 24.3 Å². The van der Waals surface area contributed by atoms with Crippen LogP contribution in [0, 0.1) is 13.8 Å². The van der Waals surface area contributed by atoms with E-state index >= 15 is 0 Å². The monoisotopic (exact) mass is 189 g/mol. The standard InChI is InChI=1S/C13H19N/c1-10-6-4-8-13(12(10)3)11(2)7-5-9-14/h4,6-8H,5,9,14H2,1-3H3/b11-7+. The fourth-order valence-corrected chi connectivity index (χ4v) is 1.59. The number of aryl methyl sites for hydroxylation is 1. The average Bonchev–Trinajstić information content (AvgIpc) is 2.18. The van der Waals surface area contributed by atoms with Gasteiger partial charge in [0.2, 0.25) is 0 Å². The van der Waals surface area contributed by atoms with E-state index in [9.17, 15) is 0 Å². The Morgan fingerprint density at radius 1 is 1.36 bits per heavy atom. The van der Waals surface area contributed by atoms with Crippen molar-refractivity contribution in [2.24, 2.45) is 5.73 Å². The summed E-state index contributed by atoms with van der Waals surface area (Å²) >= 11 is 0. The molecule has 0 radical (unpaired) electrons. The molecule has 0 unspecified atom stereocenters. The molecule has 1 nitrogen and oxygen atoms in total. The van der Waals surface area contributed by atoms with Gasteiger partial charge in [-0.15, -0.1) is 0 Å². The summed E-state index contributed by atoms with van der Waals surface area (Å²) in [7, 11) is 0. The molecule has 1 rings (SSSR count). The Bertz CT molecular complexity index is 337. The molecule has 76 valence electrons. The molecule has 0 aliphatic heterocycles. The molecule has 0 bridgehead atoms. The first-order chi connectivity index (χ1) is 6.66. The van der Waals surface area contributed by atoms with E-state index in [4.69, 9.17) is 5.73 Å². The summed E-state index contributed by atoms with van der Waals surface area (Å²) in [4.78, 5) is 0. The molecule has 0 aliphatic rings. The van der Waals surface area contributed by atoms with Crippen molar-refractivity contribution in [2.45, 2.75) is 27.2 Å². The molecule has 1 heteroatoms. The third kappa shape index (κ3) is 2.46. The Balaban J connectivity index is 3.01. The quantitative estimate of drug-likeness (QED) is 0.777. The van der Waals surface area contributed by atoms with Gasteiger partial charge in [-0.25, -0.2) is 0 Å². The van der Waals surface area contributed by atoms with E-state index in [0.29, 0.717) is 0 Å². The SMILES string of the molecule is C/C(=C\CCN)c1cccc(C)c1C. The molecule has 0 aliphatic carbocycles. The highest BCUT2D eigenvalue weighted by atomic mass is 14.5. The first-order valence-corrected chi connectivity index (χ1v) is 5.10. The predicted molar refractivity (Wildman–Crippen MR) is 63.2 cm³/mol. The maximum absolute atomic E-state index is 5.48. The van der Waals surface area contributed by atoms with E-state index in [-0.39, 0.29) is 0 Å². The Labute approximate surface area is 86.6 Å². The lowest BCUT2D eigenvalue weighted by molar-refractivity contribution is 1.01. The second-order valence-electron chi connectivity index (χ2n) is 3.71. The van der Waals surface area contributed by atoms with E-state index in [1.807, 2.05) is 0 Å². The average molecular weight is 189 g/mol. The van der Waals surface area contributed by atoms with Crippen LogP contribution in [0.25, 0.3) is 5.57 Å². The number of allylic oxidation sites excluding steroid dienone is 1. The minimum atomic E-state index is 0.724. The van der Waals surface area contributed by atoms with Crippen LogP contribution in [0.3, 0.4) is 0 Å². The third-order valence-electron chi connectivity index (χ3n) is 2.65. The summed E-state index contributed by atoms with van der Waals surface area (Å²) in [6.07, 6.45) is 3.17. The highest BCUT2D eigenvalue weighted by Gasteiger charge is 2.01. The van der Waals surface area contributed by atoms with E-state index in [2.05, 4.69) is 45.0 Å². The van der Waals surface area contributed by atoms with Crippen LogP contribution >= 0.6 is 0 Å². The normalized spacial score (nSPS) is 11.9. The number of hydrogen-bond acceptors (Lipinski definition) is 1. The molecule has 0 heterocycles. The topological polar surface area (TPSA) is 26.0 Å². The number of benzene rings is 1. The van der Waals surface area contributed by atoms with Gasteiger partial charge in [0.15, 0.2) is 0 Å². The van der Waals surface area contributed by atoms with Crippen molar-refractivity contribution in [1.82, 2.24) is 0 Å². The van der Waals surface area contributed by atoms with E-state index in [1.54, 1.807) is 0 Å². The molecule has 0 saturated heterocycles. The molecule has 0 fully saturated rings. The minimum Gasteiger partial charge on any atom is -0.330 e. The van der Waals surface area contributed by atoms with Gasteiger partial charge in [0.25, 0.3) is 0 Å². The zero-order valence-electron chi connectivity index (χ0n) is 9.30. The highest BCUT2D eigenvalue weighted by molar-refractivity contribution is 5.67. The molecule has 0 atom stereocenters. The van der Waals surface area contributed by atoms with Crippen molar-refractivity contribution in [3.8, 4) is 0 Å². The van der Waals surface area contributed by atoms with Gasteiger partial charge < -0.3 is 5.73 Å². The number of hydrogen-bond donors (Lipinski definition) is 1. The lowest BCUT2D eigenvalue weighted by Gasteiger charge is -2.08. The Morgan fingerprint density at radius 2 is 2.07 bits per heavy atom. The molecule has 1 aromatic carbocycles. The Hall–Kier alpha value is -1.08. The largest absolute Gasteiger partial charge is 0.330 e. The zero-order chi connectivity index (χ0) is 10.6. The van der Waals surface area contributed by atoms with Gasteiger partial charge in [-0.3, -0.25) is 0 Å². The molecule has 0 amide bonds. The smallest absolute Gasteiger partial charge is 0.00424 e. The summed E-state index contributed by atoms with van der Waals surface area (Å²) in [5.74, 6) is 0. The van der Waals surface area contributed by atoms with Crippen LogP contribution < -0.4 is 5.73 Å². The van der Waals surface area contributed by atoms with Crippen LogP contribution in [0.5, 0.6) is 0 Å². The van der Waals surface area contributed by atoms with Crippen LogP contribution in [-0.4, -0.2) is 6.54 Å². The zero-order valence-corrected chi connectivity index (χ0v) is 9.30. The molecule has 14 heavy (non-hydrogen) atoms. The fourth-order valence-electron chi connectivity index (χ4n) is 1.59. The van der Waals surface area contributed by atoms with Crippen molar-refractivity contribution in [3.05, 3.63) is 41.0 Å². The second kappa shape index (κ2) is 4.97. The molecule has 2 N–H and O–H groups in total. The first kappa shape index (κ1) is 11.0. The summed E-state index contributed by atoms with van der Waals surface area (Å²) in [6.45, 7) is 7.19. The summed E-state index contributed by atoms with van der Waals surface area (Å²) in [5.41, 5.74) is 10.9. The fraction of sp³-hybridized carbons (Fsp3) is 0.385. The van der Waals surface area contributed by atoms with Gasteiger partial charge in [-0.2, -0.15) is 0 Å². The molecular weight excluding hydrogens is 170 g/mol. The molecule has 0 spiro atoms. The van der Waals surface area contributed by atoms with Crippen LogP contribution in [0.15, 0.2) is 24.3 Å². The molecule has 0 saturated carbocycles. The summed E-state index contributed by atoms with van der Waals surface area (Å²) in [6, 6.07) is 6.43. The van der Waals surface area contributed by atoms with Crippen molar-refractivity contribution >= 4 is 5.57 Å². The highest BCUT2D eigenvalue weighted by Crippen LogP contribution is 2.21. The van der Waals surface area contributed by atoms with Crippen molar-refractivity contribution in [1.29, 1.82) is 0 Å². The van der Waals surface area contributed by atoms with Gasteiger partial charge in [0.1, 0.15) is 0 Å². The number of nitrogens with two attached hydrogens (primary N) is 1. The van der Waals surface area contributed by atoms with Gasteiger partial charge in [0.05, 0.1) is 0 Å². The van der Waals surface area contributed by atoms with Crippen LogP contribution in [-0.2, 0) is 0 Å². The maximum Gasteiger partial charge on any atom is -0.00424 e. The molecule has 0 aromatic heterocycles. The van der Waals surface area contributed by atoms with E-state index in [0.717, 1.165) is 13.0 Å². The van der Waals surface area contributed by atoms with E-state index in [1.165, 1.54) is 22.3 Å². The van der Waals surface area contributed by atoms with Crippen molar-refractivity contribution in [2.75, 3.05) is 6.54 Å². The van der Waals surface area contributed by atoms with Crippen molar-refractivity contribution < 1.29 is 0 Å². The van der Waals surface area contributed by atoms with Gasteiger partial charge in [0, 0.05) is 0 Å². The third-order valence-corrected chi connectivity index (χ3v) is 2.65. The van der Waals surface area contributed by atoms with E-state index < -0.39 is 0 Å². The predicted octanol–water partition coefficient (Wildman–Crippen LogP) is 3.06. The second-order valence-corrected chi connectivity index (χ2v) is 3.71. The Kier molecular flexibility index (Phi) is 3.90. The lowest BCUT2D eigenvalue weighted by atomic mass is 9.97. The lowest BCUT2D eigenvalue weighted by Crippen LogP contribution is -1.96. The minimum absolute atomic E-state index is 0.724. The van der Waals surface area contributed by atoms with Gasteiger partial charge in [-0.05, 0) is 56.0 Å². The molecular formula is C13H19N. The number of rotatable bonds is 3. The maximum atomic E-state index is 5.48. The summed E-state index contributed by atoms with van der Waals surface area (Å²) < 4.78 is 0. The van der Waals surface area contributed by atoms with Crippen LogP contribution in [0.4, 0.5) is 0 Å². The molecule has 1 aromatic rings.